The first kappa shape index (κ1) is 45.6. The summed E-state index contributed by atoms with van der Waals surface area (Å²) in [6.07, 6.45) is 13.3. The van der Waals surface area contributed by atoms with Crippen LogP contribution in [0.25, 0.3) is 5.57 Å². The fraction of sp³-hybridized carbons (Fsp3) is 0.400. The molecule has 0 aromatic heterocycles. The number of benzene rings is 3. The van der Waals surface area contributed by atoms with E-state index in [-0.39, 0.29) is 51.9 Å². The van der Waals surface area contributed by atoms with Crippen LogP contribution >= 0.6 is 0 Å². The van der Waals surface area contributed by atoms with E-state index in [9.17, 15) is 25.9 Å². The molecule has 3 aromatic carbocycles. The van der Waals surface area contributed by atoms with Crippen LogP contribution in [0.3, 0.4) is 0 Å². The molecule has 2 heterocycles. The summed E-state index contributed by atoms with van der Waals surface area (Å²) < 4.78 is 70.5. The number of anilines is 3. The van der Waals surface area contributed by atoms with Crippen molar-refractivity contribution in [2.45, 2.75) is 83.5 Å². The minimum atomic E-state index is -4.28. The van der Waals surface area contributed by atoms with Gasteiger partial charge in [0.2, 0.25) is 5.69 Å². The number of hydrogen-bond acceptors (Lipinski definition) is 9. The zero-order valence-electron chi connectivity index (χ0n) is 34.7. The number of hydrogen-bond donors (Lipinski definition) is 2. The molecule has 0 fully saturated rings. The van der Waals surface area contributed by atoms with Crippen LogP contribution in [0.1, 0.15) is 89.3 Å². The summed E-state index contributed by atoms with van der Waals surface area (Å²) in [5, 5.41) is 3.18. The maximum atomic E-state index is 11.4. The summed E-state index contributed by atoms with van der Waals surface area (Å²) in [6, 6.07) is 22.8. The molecule has 58 heavy (non-hydrogen) atoms. The van der Waals surface area contributed by atoms with Gasteiger partial charge in [0.15, 0.2) is 5.71 Å². The molecular formula is C45H55N4NaO6S2. The molecule has 0 atom stereocenters. The van der Waals surface area contributed by atoms with Gasteiger partial charge in [0.25, 0.3) is 0 Å². The van der Waals surface area contributed by atoms with Gasteiger partial charge in [-0.1, -0.05) is 68.5 Å². The fourth-order valence-electron chi connectivity index (χ4n) is 8.80. The van der Waals surface area contributed by atoms with Crippen LogP contribution < -0.4 is 45.5 Å². The Morgan fingerprint density at radius 2 is 1.47 bits per heavy atom. The average Bonchev–Trinajstić information content (AvgIpc) is 3.50. The molecular weight excluding hydrogens is 780 g/mol. The second kappa shape index (κ2) is 18.4. The third kappa shape index (κ3) is 10.1. The van der Waals surface area contributed by atoms with E-state index >= 15 is 0 Å². The Kier molecular flexibility index (Phi) is 14.5. The molecule has 10 nitrogen and oxygen atoms in total. The van der Waals surface area contributed by atoms with E-state index in [2.05, 4.69) is 97.1 Å². The smallest absolute Gasteiger partial charge is 0.748 e. The van der Waals surface area contributed by atoms with E-state index in [1.165, 1.54) is 22.3 Å². The molecule has 2 aliphatic heterocycles. The first-order chi connectivity index (χ1) is 26.9. The Morgan fingerprint density at radius 1 is 0.810 bits per heavy atom. The Hall–Kier alpha value is -3.49. The van der Waals surface area contributed by atoms with E-state index in [0.29, 0.717) is 44.5 Å². The molecule has 0 amide bonds. The van der Waals surface area contributed by atoms with Crippen LogP contribution in [-0.2, 0) is 31.1 Å². The van der Waals surface area contributed by atoms with Gasteiger partial charge in [-0.05, 0) is 104 Å². The molecule has 13 heteroatoms. The van der Waals surface area contributed by atoms with Crippen LogP contribution in [0.2, 0.25) is 0 Å². The fourth-order valence-corrected chi connectivity index (χ4v) is 9.91. The number of rotatable bonds is 15. The van der Waals surface area contributed by atoms with Crippen LogP contribution in [0.4, 0.5) is 22.7 Å². The van der Waals surface area contributed by atoms with Crippen molar-refractivity contribution in [2.24, 2.45) is 0 Å². The van der Waals surface area contributed by atoms with Crippen LogP contribution in [-0.4, -0.2) is 67.9 Å². The van der Waals surface area contributed by atoms with Gasteiger partial charge in [-0.2, -0.15) is 4.58 Å². The number of para-hydroxylation sites is 2. The number of nitrogens with one attached hydrogen (secondary N) is 1. The Bertz CT molecular complexity index is 2410. The number of nitrogen functional groups attached to an aromatic ring is 1. The zero-order valence-corrected chi connectivity index (χ0v) is 38.3. The summed E-state index contributed by atoms with van der Waals surface area (Å²) in [4.78, 5) is 2.27. The molecule has 0 spiro atoms. The van der Waals surface area contributed by atoms with Gasteiger partial charge in [0, 0.05) is 66.0 Å². The first-order valence-corrected chi connectivity index (χ1v) is 23.0. The van der Waals surface area contributed by atoms with Crippen molar-refractivity contribution in [3.8, 4) is 0 Å². The van der Waals surface area contributed by atoms with Gasteiger partial charge in [0.1, 0.15) is 6.54 Å². The van der Waals surface area contributed by atoms with Gasteiger partial charge in [-0.3, -0.25) is 0 Å². The van der Waals surface area contributed by atoms with Crippen molar-refractivity contribution in [3.05, 3.63) is 125 Å². The molecule has 0 unspecified atom stereocenters. The van der Waals surface area contributed by atoms with Crippen LogP contribution in [0.15, 0.2) is 108 Å². The van der Waals surface area contributed by atoms with Crippen molar-refractivity contribution < 1.29 is 60.1 Å². The topological polar surface area (TPSA) is 159 Å². The molecule has 0 bridgehead atoms. The second-order valence-corrected chi connectivity index (χ2v) is 19.3. The molecule has 3 N–H and O–H groups in total. The molecule has 0 saturated carbocycles. The van der Waals surface area contributed by atoms with Gasteiger partial charge in [-0.15, -0.1) is 0 Å². The van der Waals surface area contributed by atoms with E-state index in [0.717, 1.165) is 58.9 Å². The predicted octanol–water partition coefficient (Wildman–Crippen LogP) is 5.14. The van der Waals surface area contributed by atoms with E-state index < -0.39 is 20.2 Å². The zero-order chi connectivity index (χ0) is 41.2. The number of allylic oxidation sites excluding steroid dienone is 8. The summed E-state index contributed by atoms with van der Waals surface area (Å²) in [6.45, 7) is 10.0. The van der Waals surface area contributed by atoms with Crippen molar-refractivity contribution in [2.75, 3.05) is 47.6 Å². The summed E-state index contributed by atoms with van der Waals surface area (Å²) >= 11 is 0. The molecule has 0 saturated heterocycles. The summed E-state index contributed by atoms with van der Waals surface area (Å²) in [5.74, 6) is -0.748. The summed E-state index contributed by atoms with van der Waals surface area (Å²) in [5.41, 5.74) is 18.8. The standard InChI is InChI=1S/C45H56N4O6S2.Na/c1-44(2)35-17-6-8-19-39(35)48(27-10-12-29-56(50,51)52)41(44)25-22-32-15-14-16-33(43(32)34-21-24-38(47-5)37(46)31-34)23-26-42-45(3,4)36-18-7-9-20-40(36)49(42)28-11-13-30-57(53,54)55;/h6-9,17-26,31H,10-16,27-30,46H2,1-5H3,(H2,50,51,52,53,54,55);/q;+1/p-1/b32-22+,41-25+;. The monoisotopic (exact) mass is 834 g/mol. The third-order valence-electron chi connectivity index (χ3n) is 11.7. The van der Waals surface area contributed by atoms with Gasteiger partial charge in [0.05, 0.1) is 37.0 Å². The predicted molar refractivity (Wildman–Crippen MR) is 230 cm³/mol. The average molecular weight is 835 g/mol. The summed E-state index contributed by atoms with van der Waals surface area (Å²) in [7, 11) is -6.71. The quantitative estimate of drug-likeness (QED) is 0.0696. The van der Waals surface area contributed by atoms with Crippen LogP contribution in [0.5, 0.6) is 0 Å². The number of nitrogens with two attached hydrogens (primary N) is 1. The Labute approximate surface area is 367 Å². The van der Waals surface area contributed by atoms with E-state index in [4.69, 9.17) is 5.73 Å². The first-order valence-electron chi connectivity index (χ1n) is 19.8. The van der Waals surface area contributed by atoms with Gasteiger partial charge < -0.3 is 25.1 Å². The third-order valence-corrected chi connectivity index (χ3v) is 13.3. The van der Waals surface area contributed by atoms with Crippen molar-refractivity contribution in [3.63, 3.8) is 0 Å². The van der Waals surface area contributed by atoms with Crippen molar-refractivity contribution in [1.82, 2.24) is 0 Å². The SMILES string of the molecule is CNc1ccc(C2=C(/C=C/C3=[N+](CCCCS(=O)(=O)[O-])c4ccccc4C3(C)C)CCC/C2=C\C=C2\N(CCCCS(=O)(=O)[O-])c3ccccc3C2(C)C)cc1N.[Na+]. The molecule has 0 radical (unpaired) electrons. The molecule has 3 aliphatic rings. The van der Waals surface area contributed by atoms with Crippen LogP contribution in [0, 0.1) is 0 Å². The molecule has 1 aliphatic carbocycles. The largest absolute Gasteiger partial charge is 1.00 e. The minimum absolute atomic E-state index is 0. The van der Waals surface area contributed by atoms with E-state index in [1.807, 2.05) is 43.4 Å². The number of unbranched alkanes of at least 4 members (excludes halogenated alkanes) is 2. The second-order valence-electron chi connectivity index (χ2n) is 16.3. The molecule has 3 aromatic rings. The molecule has 304 valence electrons. The Morgan fingerprint density at radius 3 is 2.14 bits per heavy atom. The van der Waals surface area contributed by atoms with Gasteiger partial charge in [-0.25, -0.2) is 16.8 Å². The number of fused-ring (bicyclic) bond motifs is 2. The maximum absolute atomic E-state index is 11.4. The molecule has 6 rings (SSSR count). The maximum Gasteiger partial charge on any atom is 1.00 e. The normalized spacial score (nSPS) is 18.9. The van der Waals surface area contributed by atoms with Crippen molar-refractivity contribution >= 4 is 54.3 Å². The van der Waals surface area contributed by atoms with Crippen molar-refractivity contribution in [1.29, 1.82) is 0 Å². The number of nitrogens with zero attached hydrogens (tertiary/aromatic N) is 2. The minimum Gasteiger partial charge on any atom is -0.748 e. The van der Waals surface area contributed by atoms with Gasteiger partial charge >= 0.3 is 29.6 Å². The Balaban J connectivity index is 0.00000641. The van der Waals surface area contributed by atoms with E-state index in [1.54, 1.807) is 0 Å².